The molecular weight excluding hydrogens is 342 g/mol. The number of carbonyl (C=O) groups excluding carboxylic acids is 1. The van der Waals surface area contributed by atoms with Crippen molar-refractivity contribution in [2.45, 2.75) is 11.5 Å². The number of hydrogen-bond acceptors (Lipinski definition) is 3. The van der Waals surface area contributed by atoms with Gasteiger partial charge in [0.25, 0.3) is 5.91 Å². The maximum Gasteiger partial charge on any atom is 0.262 e. The fourth-order valence-corrected chi connectivity index (χ4v) is 3.61. The first kappa shape index (κ1) is 16.5. The molecule has 0 bridgehead atoms. The van der Waals surface area contributed by atoms with Gasteiger partial charge >= 0.3 is 0 Å². The Labute approximate surface area is 156 Å². The van der Waals surface area contributed by atoms with Crippen LogP contribution in [0.2, 0.25) is 0 Å². The standard InChI is InChI=1S/C22H17NO2S/c24-22-21(26-20-9-5-4-8-19(20)23-22)14-16-10-12-18(13-11-16)25-15-17-6-2-1-3-7-17/h1-14H,15H2,(H,23,24)/b21-14-. The van der Waals surface area contributed by atoms with Crippen molar-refractivity contribution in [3.05, 3.63) is 94.9 Å². The highest BCUT2D eigenvalue weighted by atomic mass is 32.2. The van der Waals surface area contributed by atoms with Gasteiger partial charge in [-0.3, -0.25) is 4.79 Å². The van der Waals surface area contributed by atoms with Crippen molar-refractivity contribution in [2.24, 2.45) is 0 Å². The molecule has 3 aromatic rings. The molecule has 0 atom stereocenters. The first-order chi connectivity index (χ1) is 12.8. The van der Waals surface area contributed by atoms with E-state index in [9.17, 15) is 4.79 Å². The Morgan fingerprint density at radius 2 is 1.62 bits per heavy atom. The number of nitrogens with one attached hydrogen (secondary N) is 1. The summed E-state index contributed by atoms with van der Waals surface area (Å²) in [5.41, 5.74) is 2.96. The molecule has 128 valence electrons. The van der Waals surface area contributed by atoms with E-state index in [2.05, 4.69) is 5.32 Å². The molecule has 0 radical (unpaired) electrons. The van der Waals surface area contributed by atoms with Crippen LogP contribution in [0, 0.1) is 0 Å². The lowest BCUT2D eigenvalue weighted by atomic mass is 10.2. The topological polar surface area (TPSA) is 38.3 Å². The number of benzene rings is 3. The quantitative estimate of drug-likeness (QED) is 0.638. The monoisotopic (exact) mass is 359 g/mol. The molecule has 1 heterocycles. The average Bonchev–Trinajstić information content (AvgIpc) is 2.69. The zero-order valence-electron chi connectivity index (χ0n) is 14.0. The van der Waals surface area contributed by atoms with Crippen LogP contribution in [0.25, 0.3) is 6.08 Å². The molecule has 3 aromatic carbocycles. The van der Waals surface area contributed by atoms with Crippen LogP contribution in [-0.4, -0.2) is 5.91 Å². The third-order valence-electron chi connectivity index (χ3n) is 4.01. The highest BCUT2D eigenvalue weighted by Crippen LogP contribution is 2.38. The number of hydrogen-bond donors (Lipinski definition) is 1. The smallest absolute Gasteiger partial charge is 0.262 e. The number of para-hydroxylation sites is 1. The lowest BCUT2D eigenvalue weighted by Crippen LogP contribution is -2.17. The van der Waals surface area contributed by atoms with Crippen molar-refractivity contribution in [1.29, 1.82) is 0 Å². The van der Waals surface area contributed by atoms with Crippen LogP contribution >= 0.6 is 11.8 Å². The van der Waals surface area contributed by atoms with Crippen molar-refractivity contribution >= 4 is 29.4 Å². The Bertz CT molecular complexity index is 949. The number of fused-ring (bicyclic) bond motifs is 1. The first-order valence-corrected chi connectivity index (χ1v) is 9.16. The largest absolute Gasteiger partial charge is 0.489 e. The lowest BCUT2D eigenvalue weighted by Gasteiger charge is -2.18. The van der Waals surface area contributed by atoms with Gasteiger partial charge in [0.15, 0.2) is 0 Å². The third kappa shape index (κ3) is 3.81. The maximum absolute atomic E-state index is 12.3. The predicted octanol–water partition coefficient (Wildman–Crippen LogP) is 5.35. The summed E-state index contributed by atoms with van der Waals surface area (Å²) in [6.07, 6.45) is 1.90. The molecule has 0 saturated heterocycles. The van der Waals surface area contributed by atoms with Gasteiger partial charge in [-0.1, -0.05) is 66.4 Å². The van der Waals surface area contributed by atoms with Gasteiger partial charge in [0.1, 0.15) is 12.4 Å². The fourth-order valence-electron chi connectivity index (χ4n) is 2.66. The minimum Gasteiger partial charge on any atom is -0.489 e. The maximum atomic E-state index is 12.3. The van der Waals surface area contributed by atoms with E-state index in [-0.39, 0.29) is 5.91 Å². The van der Waals surface area contributed by atoms with E-state index in [1.165, 1.54) is 11.8 Å². The average molecular weight is 359 g/mol. The van der Waals surface area contributed by atoms with E-state index in [1.54, 1.807) is 0 Å². The molecule has 3 nitrogen and oxygen atoms in total. The molecule has 1 amide bonds. The van der Waals surface area contributed by atoms with Crippen LogP contribution in [0.4, 0.5) is 5.69 Å². The van der Waals surface area contributed by atoms with Crippen LogP contribution in [0.3, 0.4) is 0 Å². The molecular formula is C22H17NO2S. The summed E-state index contributed by atoms with van der Waals surface area (Å²) in [5, 5.41) is 2.93. The second-order valence-electron chi connectivity index (χ2n) is 5.90. The summed E-state index contributed by atoms with van der Waals surface area (Å²) in [5.74, 6) is 0.736. The van der Waals surface area contributed by atoms with Gasteiger partial charge in [0.2, 0.25) is 0 Å². The fraction of sp³-hybridized carbons (Fsp3) is 0.0455. The number of carbonyl (C=O) groups is 1. The highest BCUT2D eigenvalue weighted by molar-refractivity contribution is 8.04. The normalized spacial score (nSPS) is 14.6. The van der Waals surface area contributed by atoms with E-state index >= 15 is 0 Å². The molecule has 4 rings (SSSR count). The van der Waals surface area contributed by atoms with Crippen molar-refractivity contribution in [3.8, 4) is 5.75 Å². The van der Waals surface area contributed by atoms with Gasteiger partial charge in [0.05, 0.1) is 10.6 Å². The summed E-state index contributed by atoms with van der Waals surface area (Å²) < 4.78 is 5.80. The Morgan fingerprint density at radius 3 is 2.42 bits per heavy atom. The molecule has 0 unspecified atom stereocenters. The summed E-state index contributed by atoms with van der Waals surface area (Å²) in [4.78, 5) is 14.0. The Kier molecular flexibility index (Phi) is 4.75. The van der Waals surface area contributed by atoms with E-state index in [1.807, 2.05) is 84.9 Å². The van der Waals surface area contributed by atoms with E-state index in [4.69, 9.17) is 4.74 Å². The van der Waals surface area contributed by atoms with Crippen molar-refractivity contribution in [2.75, 3.05) is 5.32 Å². The van der Waals surface area contributed by atoms with Crippen molar-refractivity contribution in [3.63, 3.8) is 0 Å². The molecule has 4 heteroatoms. The Balaban J connectivity index is 1.45. The zero-order valence-corrected chi connectivity index (χ0v) is 14.8. The van der Waals surface area contributed by atoms with Gasteiger partial charge in [-0.05, 0) is 41.5 Å². The summed E-state index contributed by atoms with van der Waals surface area (Å²) >= 11 is 1.49. The van der Waals surface area contributed by atoms with Crippen LogP contribution < -0.4 is 10.1 Å². The molecule has 1 aliphatic rings. The van der Waals surface area contributed by atoms with Gasteiger partial charge in [-0.2, -0.15) is 0 Å². The minimum absolute atomic E-state index is 0.0712. The Morgan fingerprint density at radius 1 is 0.885 bits per heavy atom. The molecule has 0 fully saturated rings. The molecule has 0 aromatic heterocycles. The SMILES string of the molecule is O=C1Nc2ccccc2S/C1=C\c1ccc(OCc2ccccc2)cc1. The van der Waals surface area contributed by atoms with E-state index < -0.39 is 0 Å². The second-order valence-corrected chi connectivity index (χ2v) is 6.99. The summed E-state index contributed by atoms with van der Waals surface area (Å²) in [7, 11) is 0. The highest BCUT2D eigenvalue weighted by Gasteiger charge is 2.20. The zero-order chi connectivity index (χ0) is 17.8. The minimum atomic E-state index is -0.0712. The van der Waals surface area contributed by atoms with Gasteiger partial charge in [0, 0.05) is 4.90 Å². The second kappa shape index (κ2) is 7.50. The van der Waals surface area contributed by atoms with Crippen LogP contribution in [-0.2, 0) is 11.4 Å². The molecule has 26 heavy (non-hydrogen) atoms. The van der Waals surface area contributed by atoms with Crippen molar-refractivity contribution < 1.29 is 9.53 Å². The van der Waals surface area contributed by atoms with Gasteiger partial charge < -0.3 is 10.1 Å². The van der Waals surface area contributed by atoms with Gasteiger partial charge in [-0.25, -0.2) is 0 Å². The molecule has 1 aliphatic heterocycles. The van der Waals surface area contributed by atoms with Crippen molar-refractivity contribution in [1.82, 2.24) is 0 Å². The number of ether oxygens (including phenoxy) is 1. The lowest BCUT2D eigenvalue weighted by molar-refractivity contribution is -0.112. The van der Waals surface area contributed by atoms with Crippen LogP contribution in [0.1, 0.15) is 11.1 Å². The molecule has 0 spiro atoms. The Hall–Kier alpha value is -2.98. The number of thioether (sulfide) groups is 1. The van der Waals surface area contributed by atoms with E-state index in [0.29, 0.717) is 11.5 Å². The molecule has 0 aliphatic carbocycles. The predicted molar refractivity (Wildman–Crippen MR) is 106 cm³/mol. The molecule has 1 N–H and O–H groups in total. The van der Waals surface area contributed by atoms with Crippen LogP contribution in [0.5, 0.6) is 5.75 Å². The number of amides is 1. The number of anilines is 1. The third-order valence-corrected chi connectivity index (χ3v) is 5.10. The van der Waals surface area contributed by atoms with Crippen LogP contribution in [0.15, 0.2) is 88.7 Å². The summed E-state index contributed by atoms with van der Waals surface area (Å²) in [6.45, 7) is 0.538. The molecule has 0 saturated carbocycles. The van der Waals surface area contributed by atoms with E-state index in [0.717, 1.165) is 27.5 Å². The first-order valence-electron chi connectivity index (χ1n) is 8.35. The van der Waals surface area contributed by atoms with Gasteiger partial charge in [-0.15, -0.1) is 0 Å². The summed E-state index contributed by atoms with van der Waals surface area (Å²) in [6, 6.07) is 25.6. The number of rotatable bonds is 4.